The van der Waals surface area contributed by atoms with Crippen molar-refractivity contribution in [2.75, 3.05) is 17.2 Å². The van der Waals surface area contributed by atoms with Gasteiger partial charge in [0, 0.05) is 11.6 Å². The summed E-state index contributed by atoms with van der Waals surface area (Å²) < 4.78 is 0. The predicted molar refractivity (Wildman–Crippen MR) is 72.7 cm³/mol. The van der Waals surface area contributed by atoms with Crippen LogP contribution in [0, 0.1) is 0 Å². The summed E-state index contributed by atoms with van der Waals surface area (Å²) in [7, 11) is 0. The number of hydrogen-bond acceptors (Lipinski definition) is 2. The van der Waals surface area contributed by atoms with Crippen molar-refractivity contribution in [1.29, 1.82) is 0 Å². The first-order chi connectivity index (χ1) is 8.33. The van der Waals surface area contributed by atoms with Crippen molar-refractivity contribution in [1.82, 2.24) is 0 Å². The molecule has 1 aliphatic rings. The van der Waals surface area contributed by atoms with Gasteiger partial charge in [-0.25, -0.2) is 0 Å². The lowest BCUT2D eigenvalue weighted by Crippen LogP contribution is -2.25. The van der Waals surface area contributed by atoms with Crippen LogP contribution in [-0.4, -0.2) is 6.54 Å². The van der Waals surface area contributed by atoms with Gasteiger partial charge in [-0.2, -0.15) is 0 Å². The van der Waals surface area contributed by atoms with Crippen molar-refractivity contribution < 1.29 is 0 Å². The normalized spacial score (nSPS) is 17.8. The van der Waals surface area contributed by atoms with Crippen molar-refractivity contribution in [3.05, 3.63) is 59.1 Å². The standard InChI is InChI=1S/C14H13ClN2/c15-11-6-7-12-13(8-11)17-14(9-16-12)10-4-2-1-3-5-10/h1-8,14,16-17H,9H2/t14-/m0/s1. The van der Waals surface area contributed by atoms with Gasteiger partial charge in [0.05, 0.1) is 17.4 Å². The summed E-state index contributed by atoms with van der Waals surface area (Å²) in [6.07, 6.45) is 0. The van der Waals surface area contributed by atoms with Crippen LogP contribution in [0.3, 0.4) is 0 Å². The van der Waals surface area contributed by atoms with Gasteiger partial charge in [-0.3, -0.25) is 0 Å². The molecule has 2 aromatic carbocycles. The van der Waals surface area contributed by atoms with E-state index in [-0.39, 0.29) is 0 Å². The lowest BCUT2D eigenvalue weighted by Gasteiger charge is -2.28. The Bertz CT molecular complexity index is 525. The molecule has 0 aliphatic carbocycles. The van der Waals surface area contributed by atoms with Crippen LogP contribution < -0.4 is 10.6 Å². The van der Waals surface area contributed by atoms with Crippen LogP contribution in [0.2, 0.25) is 5.02 Å². The maximum atomic E-state index is 6.00. The fourth-order valence-corrected chi connectivity index (χ4v) is 2.30. The Labute approximate surface area is 106 Å². The van der Waals surface area contributed by atoms with Crippen molar-refractivity contribution in [2.24, 2.45) is 0 Å². The highest BCUT2D eigenvalue weighted by Crippen LogP contribution is 2.33. The molecular formula is C14H13ClN2. The molecule has 0 saturated carbocycles. The molecule has 3 heteroatoms. The zero-order chi connectivity index (χ0) is 11.7. The Balaban J connectivity index is 1.90. The van der Waals surface area contributed by atoms with Gasteiger partial charge in [0.25, 0.3) is 0 Å². The first-order valence-electron chi connectivity index (χ1n) is 5.68. The lowest BCUT2D eigenvalue weighted by atomic mass is 10.0. The molecule has 1 aliphatic heterocycles. The SMILES string of the molecule is Clc1ccc2c(c1)N[C@H](c1ccccc1)CN2. The van der Waals surface area contributed by atoms with E-state index in [9.17, 15) is 0 Å². The largest absolute Gasteiger partial charge is 0.381 e. The Kier molecular flexibility index (Phi) is 2.65. The Morgan fingerprint density at radius 1 is 1.00 bits per heavy atom. The van der Waals surface area contributed by atoms with Crippen LogP contribution >= 0.6 is 11.6 Å². The maximum absolute atomic E-state index is 6.00. The summed E-state index contributed by atoms with van der Waals surface area (Å²) in [4.78, 5) is 0. The van der Waals surface area contributed by atoms with Crippen LogP contribution in [0.25, 0.3) is 0 Å². The molecule has 2 N–H and O–H groups in total. The van der Waals surface area contributed by atoms with Gasteiger partial charge in [0.1, 0.15) is 0 Å². The molecule has 0 amide bonds. The van der Waals surface area contributed by atoms with E-state index >= 15 is 0 Å². The van der Waals surface area contributed by atoms with E-state index in [0.717, 1.165) is 22.9 Å². The molecule has 0 unspecified atom stereocenters. The summed E-state index contributed by atoms with van der Waals surface area (Å²) in [6, 6.07) is 16.6. The van der Waals surface area contributed by atoms with Gasteiger partial charge in [0.2, 0.25) is 0 Å². The minimum Gasteiger partial charge on any atom is -0.381 e. The van der Waals surface area contributed by atoms with Crippen LogP contribution in [0.4, 0.5) is 11.4 Å². The molecule has 0 spiro atoms. The molecule has 86 valence electrons. The summed E-state index contributed by atoms with van der Waals surface area (Å²) >= 11 is 6.00. The van der Waals surface area contributed by atoms with E-state index in [1.807, 2.05) is 24.3 Å². The van der Waals surface area contributed by atoms with Crippen LogP contribution in [0.1, 0.15) is 11.6 Å². The quantitative estimate of drug-likeness (QED) is 0.795. The zero-order valence-corrected chi connectivity index (χ0v) is 10.0. The highest BCUT2D eigenvalue weighted by atomic mass is 35.5. The molecule has 1 heterocycles. The number of benzene rings is 2. The highest BCUT2D eigenvalue weighted by molar-refractivity contribution is 6.31. The van der Waals surface area contributed by atoms with Gasteiger partial charge < -0.3 is 10.6 Å². The molecule has 0 bridgehead atoms. The lowest BCUT2D eigenvalue weighted by molar-refractivity contribution is 0.804. The van der Waals surface area contributed by atoms with Gasteiger partial charge in [0.15, 0.2) is 0 Å². The molecule has 2 nitrogen and oxygen atoms in total. The van der Waals surface area contributed by atoms with E-state index in [4.69, 9.17) is 11.6 Å². The van der Waals surface area contributed by atoms with Crippen molar-refractivity contribution in [3.63, 3.8) is 0 Å². The van der Waals surface area contributed by atoms with Crippen LogP contribution in [-0.2, 0) is 0 Å². The summed E-state index contributed by atoms with van der Waals surface area (Å²) in [5, 5.41) is 7.68. The van der Waals surface area contributed by atoms with E-state index in [0.29, 0.717) is 6.04 Å². The summed E-state index contributed by atoms with van der Waals surface area (Å²) in [6.45, 7) is 0.888. The minimum absolute atomic E-state index is 0.294. The van der Waals surface area contributed by atoms with Crippen molar-refractivity contribution in [2.45, 2.75) is 6.04 Å². The summed E-state index contributed by atoms with van der Waals surface area (Å²) in [5.74, 6) is 0. The number of halogens is 1. The number of nitrogens with one attached hydrogen (secondary N) is 2. The first kappa shape index (κ1) is 10.5. The third-order valence-electron chi connectivity index (χ3n) is 3.01. The molecular weight excluding hydrogens is 232 g/mol. The maximum Gasteiger partial charge on any atom is 0.0687 e. The zero-order valence-electron chi connectivity index (χ0n) is 9.28. The fraction of sp³-hybridized carbons (Fsp3) is 0.143. The topological polar surface area (TPSA) is 24.1 Å². The second-order valence-electron chi connectivity index (χ2n) is 4.18. The Hall–Kier alpha value is -1.67. The second-order valence-corrected chi connectivity index (χ2v) is 4.61. The smallest absolute Gasteiger partial charge is 0.0687 e. The third-order valence-corrected chi connectivity index (χ3v) is 3.25. The van der Waals surface area contributed by atoms with E-state index in [2.05, 4.69) is 34.9 Å². The average Bonchev–Trinajstić information content (AvgIpc) is 2.39. The second kappa shape index (κ2) is 4.30. The first-order valence-corrected chi connectivity index (χ1v) is 6.05. The van der Waals surface area contributed by atoms with Gasteiger partial charge >= 0.3 is 0 Å². The third kappa shape index (κ3) is 2.08. The van der Waals surface area contributed by atoms with Crippen molar-refractivity contribution in [3.8, 4) is 0 Å². The molecule has 0 fully saturated rings. The Morgan fingerprint density at radius 2 is 1.82 bits per heavy atom. The molecule has 0 radical (unpaired) electrons. The van der Waals surface area contributed by atoms with E-state index in [1.165, 1.54) is 5.56 Å². The van der Waals surface area contributed by atoms with Crippen molar-refractivity contribution >= 4 is 23.0 Å². The van der Waals surface area contributed by atoms with E-state index < -0.39 is 0 Å². The van der Waals surface area contributed by atoms with E-state index in [1.54, 1.807) is 0 Å². The van der Waals surface area contributed by atoms with Gasteiger partial charge in [-0.05, 0) is 23.8 Å². The van der Waals surface area contributed by atoms with Crippen LogP contribution in [0.5, 0.6) is 0 Å². The minimum atomic E-state index is 0.294. The monoisotopic (exact) mass is 244 g/mol. The van der Waals surface area contributed by atoms with Gasteiger partial charge in [-0.15, -0.1) is 0 Å². The number of anilines is 2. The molecule has 3 rings (SSSR count). The average molecular weight is 245 g/mol. The molecule has 17 heavy (non-hydrogen) atoms. The predicted octanol–water partition coefficient (Wildman–Crippen LogP) is 3.92. The summed E-state index contributed by atoms with van der Waals surface area (Å²) in [5.41, 5.74) is 3.46. The van der Waals surface area contributed by atoms with Gasteiger partial charge in [-0.1, -0.05) is 41.9 Å². The molecule has 0 saturated heterocycles. The fourth-order valence-electron chi connectivity index (χ4n) is 2.13. The molecule has 1 atom stereocenters. The molecule has 0 aromatic heterocycles. The Morgan fingerprint density at radius 3 is 2.65 bits per heavy atom. The number of fused-ring (bicyclic) bond motifs is 1. The number of rotatable bonds is 1. The van der Waals surface area contributed by atoms with Crippen LogP contribution in [0.15, 0.2) is 48.5 Å². The number of hydrogen-bond donors (Lipinski definition) is 2. The highest BCUT2D eigenvalue weighted by Gasteiger charge is 2.18. The molecule has 2 aromatic rings.